The molecular formula is C20H32N4O3. The number of amides is 3. The van der Waals surface area contributed by atoms with Gasteiger partial charge in [-0.2, -0.15) is 0 Å². The van der Waals surface area contributed by atoms with E-state index in [1.165, 1.54) is 0 Å². The number of nitrogens with zero attached hydrogens (tertiary/aromatic N) is 2. The first-order valence-corrected chi connectivity index (χ1v) is 9.70. The smallest absolute Gasteiger partial charge is 0.317 e. The highest BCUT2D eigenvalue weighted by molar-refractivity contribution is 5.93. The molecule has 0 radical (unpaired) electrons. The average Bonchev–Trinajstić information content (AvgIpc) is 2.65. The largest absolute Gasteiger partial charge is 0.382 e. The van der Waals surface area contributed by atoms with Crippen LogP contribution in [-0.2, 0) is 9.53 Å². The summed E-state index contributed by atoms with van der Waals surface area (Å²) in [4.78, 5) is 28.4. The molecule has 1 aromatic rings. The van der Waals surface area contributed by atoms with Crippen molar-refractivity contribution >= 4 is 17.6 Å². The molecule has 150 valence electrons. The third kappa shape index (κ3) is 6.84. The minimum absolute atomic E-state index is 0.0128. The highest BCUT2D eigenvalue weighted by Gasteiger charge is 2.22. The van der Waals surface area contributed by atoms with Crippen molar-refractivity contribution < 1.29 is 14.3 Å². The highest BCUT2D eigenvalue weighted by Crippen LogP contribution is 2.19. The second-order valence-electron chi connectivity index (χ2n) is 6.86. The monoisotopic (exact) mass is 376 g/mol. The van der Waals surface area contributed by atoms with Crippen LogP contribution in [0.5, 0.6) is 0 Å². The molecule has 1 aromatic carbocycles. The van der Waals surface area contributed by atoms with E-state index in [-0.39, 0.29) is 11.9 Å². The Balaban J connectivity index is 1.69. The SMILES string of the molecule is CCOCCCNC(=O)N1CCN(CC(=O)Nc2c(C)cccc2C)CC1. The second-order valence-corrected chi connectivity index (χ2v) is 6.86. The van der Waals surface area contributed by atoms with Gasteiger partial charge in [-0.15, -0.1) is 0 Å². The van der Waals surface area contributed by atoms with Crippen LogP contribution in [0.1, 0.15) is 24.5 Å². The van der Waals surface area contributed by atoms with Gasteiger partial charge in [0.1, 0.15) is 0 Å². The molecule has 0 spiro atoms. The van der Waals surface area contributed by atoms with Crippen molar-refractivity contribution in [1.29, 1.82) is 0 Å². The predicted octanol–water partition coefficient (Wildman–Crippen LogP) is 2.00. The number of nitrogens with one attached hydrogen (secondary N) is 2. The zero-order valence-corrected chi connectivity index (χ0v) is 16.7. The predicted molar refractivity (Wildman–Crippen MR) is 107 cm³/mol. The van der Waals surface area contributed by atoms with Crippen LogP contribution in [0.25, 0.3) is 0 Å². The first-order chi connectivity index (χ1) is 13.0. The van der Waals surface area contributed by atoms with Crippen LogP contribution in [0.4, 0.5) is 10.5 Å². The lowest BCUT2D eigenvalue weighted by atomic mass is 10.1. The number of anilines is 1. The van der Waals surface area contributed by atoms with E-state index < -0.39 is 0 Å². The topological polar surface area (TPSA) is 73.9 Å². The molecule has 3 amide bonds. The number of para-hydroxylation sites is 1. The molecule has 1 heterocycles. The Kier molecular flexibility index (Phi) is 8.54. The molecule has 0 saturated carbocycles. The van der Waals surface area contributed by atoms with E-state index in [1.807, 2.05) is 39.0 Å². The molecular weight excluding hydrogens is 344 g/mol. The van der Waals surface area contributed by atoms with Gasteiger partial charge in [-0.1, -0.05) is 18.2 Å². The fourth-order valence-electron chi connectivity index (χ4n) is 3.13. The van der Waals surface area contributed by atoms with Gasteiger partial charge in [0.15, 0.2) is 0 Å². The number of urea groups is 1. The van der Waals surface area contributed by atoms with Crippen molar-refractivity contribution in [3.05, 3.63) is 29.3 Å². The lowest BCUT2D eigenvalue weighted by molar-refractivity contribution is -0.117. The molecule has 2 N–H and O–H groups in total. The number of rotatable bonds is 8. The summed E-state index contributed by atoms with van der Waals surface area (Å²) in [5, 5.41) is 5.94. The summed E-state index contributed by atoms with van der Waals surface area (Å²) in [6.45, 7) is 11.0. The van der Waals surface area contributed by atoms with Crippen LogP contribution in [0.15, 0.2) is 18.2 Å². The van der Waals surface area contributed by atoms with E-state index in [1.54, 1.807) is 4.90 Å². The summed E-state index contributed by atoms with van der Waals surface area (Å²) in [6.07, 6.45) is 0.817. The van der Waals surface area contributed by atoms with Crippen molar-refractivity contribution in [3.63, 3.8) is 0 Å². The van der Waals surface area contributed by atoms with Crippen molar-refractivity contribution in [3.8, 4) is 0 Å². The molecule has 2 rings (SSSR count). The summed E-state index contributed by atoms with van der Waals surface area (Å²) < 4.78 is 5.26. The summed E-state index contributed by atoms with van der Waals surface area (Å²) in [7, 11) is 0. The van der Waals surface area contributed by atoms with Gasteiger partial charge < -0.3 is 20.3 Å². The quantitative estimate of drug-likeness (QED) is 0.681. The maximum atomic E-state index is 12.4. The Hall–Kier alpha value is -2.12. The van der Waals surface area contributed by atoms with Crippen LogP contribution in [0.2, 0.25) is 0 Å². The fraction of sp³-hybridized carbons (Fsp3) is 0.600. The average molecular weight is 377 g/mol. The summed E-state index contributed by atoms with van der Waals surface area (Å²) >= 11 is 0. The molecule has 0 unspecified atom stereocenters. The molecule has 7 heteroatoms. The number of benzene rings is 1. The first-order valence-electron chi connectivity index (χ1n) is 9.70. The molecule has 1 aliphatic rings. The molecule has 0 aliphatic carbocycles. The molecule has 1 saturated heterocycles. The molecule has 27 heavy (non-hydrogen) atoms. The molecule has 0 aromatic heterocycles. The van der Waals surface area contributed by atoms with Crippen molar-refractivity contribution in [2.24, 2.45) is 0 Å². The van der Waals surface area contributed by atoms with Gasteiger partial charge in [0, 0.05) is 51.6 Å². The molecule has 1 aliphatic heterocycles. The number of ether oxygens (including phenoxy) is 1. The zero-order chi connectivity index (χ0) is 19.6. The third-order valence-electron chi connectivity index (χ3n) is 4.72. The van der Waals surface area contributed by atoms with Crippen LogP contribution in [0, 0.1) is 13.8 Å². The summed E-state index contributed by atoms with van der Waals surface area (Å²) in [6, 6.07) is 5.94. The number of hydrogen-bond acceptors (Lipinski definition) is 4. The molecule has 0 bridgehead atoms. The minimum Gasteiger partial charge on any atom is -0.382 e. The Labute approximate surface area is 162 Å². The van der Waals surface area contributed by atoms with E-state index in [0.29, 0.717) is 52.5 Å². The molecule has 0 atom stereocenters. The van der Waals surface area contributed by atoms with E-state index in [4.69, 9.17) is 4.74 Å². The van der Waals surface area contributed by atoms with E-state index in [2.05, 4.69) is 15.5 Å². The van der Waals surface area contributed by atoms with Gasteiger partial charge in [-0.25, -0.2) is 4.79 Å². The van der Waals surface area contributed by atoms with Gasteiger partial charge in [0.2, 0.25) is 5.91 Å². The van der Waals surface area contributed by atoms with E-state index in [9.17, 15) is 9.59 Å². The highest BCUT2D eigenvalue weighted by atomic mass is 16.5. The Morgan fingerprint density at radius 3 is 2.41 bits per heavy atom. The fourth-order valence-corrected chi connectivity index (χ4v) is 3.13. The van der Waals surface area contributed by atoms with Gasteiger partial charge in [-0.3, -0.25) is 9.69 Å². The second kappa shape index (κ2) is 10.9. The number of aryl methyl sites for hydroxylation is 2. The van der Waals surface area contributed by atoms with Crippen LogP contribution in [0.3, 0.4) is 0 Å². The number of carbonyl (C=O) groups is 2. The zero-order valence-electron chi connectivity index (χ0n) is 16.7. The van der Waals surface area contributed by atoms with Crippen LogP contribution >= 0.6 is 0 Å². The van der Waals surface area contributed by atoms with Crippen molar-refractivity contribution in [2.45, 2.75) is 27.2 Å². The van der Waals surface area contributed by atoms with Gasteiger partial charge in [-0.05, 0) is 38.3 Å². The standard InChI is InChI=1S/C20H32N4O3/c1-4-27-14-6-9-21-20(26)24-12-10-23(11-13-24)15-18(25)22-19-16(2)7-5-8-17(19)3/h5,7-8H,4,6,9-15H2,1-3H3,(H,21,26)(H,22,25). The van der Waals surface area contributed by atoms with E-state index in [0.717, 1.165) is 23.2 Å². The summed E-state index contributed by atoms with van der Waals surface area (Å²) in [5.74, 6) is -0.0128. The number of carbonyl (C=O) groups excluding carboxylic acids is 2. The number of piperazine rings is 1. The maximum absolute atomic E-state index is 12.4. The van der Waals surface area contributed by atoms with Crippen molar-refractivity contribution in [2.75, 3.05) is 57.8 Å². The Bertz CT molecular complexity index is 607. The lowest BCUT2D eigenvalue weighted by Crippen LogP contribution is -2.53. The van der Waals surface area contributed by atoms with Crippen molar-refractivity contribution in [1.82, 2.24) is 15.1 Å². The molecule has 7 nitrogen and oxygen atoms in total. The van der Waals surface area contributed by atoms with Gasteiger partial charge >= 0.3 is 6.03 Å². The van der Waals surface area contributed by atoms with E-state index >= 15 is 0 Å². The maximum Gasteiger partial charge on any atom is 0.317 e. The number of hydrogen-bond donors (Lipinski definition) is 2. The minimum atomic E-state index is -0.0360. The normalized spacial score (nSPS) is 14.9. The Morgan fingerprint density at radius 2 is 1.78 bits per heavy atom. The first kappa shape index (κ1) is 21.2. The van der Waals surface area contributed by atoms with Crippen LogP contribution in [-0.4, -0.2) is 74.2 Å². The van der Waals surface area contributed by atoms with Gasteiger partial charge in [0.25, 0.3) is 0 Å². The Morgan fingerprint density at radius 1 is 1.11 bits per heavy atom. The summed E-state index contributed by atoms with van der Waals surface area (Å²) in [5.41, 5.74) is 3.02. The third-order valence-corrected chi connectivity index (χ3v) is 4.72. The van der Waals surface area contributed by atoms with Crippen LogP contribution < -0.4 is 10.6 Å². The molecule has 1 fully saturated rings. The van der Waals surface area contributed by atoms with Gasteiger partial charge in [0.05, 0.1) is 6.54 Å². The lowest BCUT2D eigenvalue weighted by Gasteiger charge is -2.34.